The summed E-state index contributed by atoms with van der Waals surface area (Å²) in [7, 11) is 0. The third-order valence-electron chi connectivity index (χ3n) is 5.00. The van der Waals surface area contributed by atoms with Crippen molar-refractivity contribution in [3.8, 4) is 0 Å². The molecule has 0 aromatic heterocycles. The van der Waals surface area contributed by atoms with Crippen LogP contribution in [0.5, 0.6) is 0 Å². The molecule has 2 rings (SSSR count). The summed E-state index contributed by atoms with van der Waals surface area (Å²) >= 11 is 0. The Kier molecular flexibility index (Phi) is 7.34. The maximum absolute atomic E-state index is 10.7. The molecule has 0 atom stereocenters. The molecule has 4 nitrogen and oxygen atoms in total. The van der Waals surface area contributed by atoms with Crippen LogP contribution in [0.15, 0.2) is 5.34 Å². The van der Waals surface area contributed by atoms with E-state index >= 15 is 0 Å². The Bertz CT molecular complexity index is 235. The Morgan fingerprint density at radius 2 is 1.00 bits per heavy atom. The maximum atomic E-state index is 10.7. The van der Waals surface area contributed by atoms with Crippen LogP contribution in [0.25, 0.3) is 0 Å². The summed E-state index contributed by atoms with van der Waals surface area (Å²) in [6.07, 6.45) is 17.7. The van der Waals surface area contributed by atoms with Gasteiger partial charge in [-0.2, -0.15) is 0 Å². The molecule has 2 aliphatic rings. The smallest absolute Gasteiger partial charge is 0.176 e. The summed E-state index contributed by atoms with van der Waals surface area (Å²) in [5, 5.41) is 4.76. The number of hydroxylamine groups is 2. The minimum absolute atomic E-state index is 0.400. The van der Waals surface area contributed by atoms with Gasteiger partial charge in [-0.05, 0) is 25.7 Å². The van der Waals surface area contributed by atoms with E-state index in [-0.39, 0.29) is 0 Å². The van der Waals surface area contributed by atoms with Gasteiger partial charge in [0.1, 0.15) is 0 Å². The van der Waals surface area contributed by atoms with Crippen molar-refractivity contribution in [3.05, 3.63) is 4.91 Å². The summed E-state index contributed by atoms with van der Waals surface area (Å²) in [4.78, 5) is 15.9. The monoisotopic (exact) mass is 282 g/mol. The minimum atomic E-state index is 0.400. The topological polar surface area (TPSA) is 41.9 Å². The van der Waals surface area contributed by atoms with Crippen LogP contribution in [0, 0.1) is 4.91 Å². The Balaban J connectivity index is 1.96. The van der Waals surface area contributed by atoms with E-state index in [1.807, 2.05) is 5.06 Å². The Hall–Kier alpha value is -0.640. The van der Waals surface area contributed by atoms with Crippen LogP contribution in [0.2, 0.25) is 0 Å². The molecule has 0 aromatic rings. The molecule has 20 heavy (non-hydrogen) atoms. The molecule has 0 unspecified atom stereocenters. The van der Waals surface area contributed by atoms with E-state index in [9.17, 15) is 4.91 Å². The molecule has 0 aliphatic heterocycles. The van der Waals surface area contributed by atoms with Crippen molar-refractivity contribution >= 4 is 0 Å². The molecule has 0 spiro atoms. The van der Waals surface area contributed by atoms with Crippen molar-refractivity contribution in [2.24, 2.45) is 5.34 Å². The SMILES string of the molecule is O=NON(C1CCCCCCC1)C1CCCCCCC1. The lowest BCUT2D eigenvalue weighted by atomic mass is 9.92. The van der Waals surface area contributed by atoms with Gasteiger partial charge in [-0.3, -0.25) is 4.94 Å². The number of hydrogen-bond acceptors (Lipinski definition) is 4. The molecular weight excluding hydrogens is 252 g/mol. The van der Waals surface area contributed by atoms with Gasteiger partial charge in [0, 0.05) is 12.1 Å². The van der Waals surface area contributed by atoms with Gasteiger partial charge in [0.2, 0.25) is 0 Å². The molecule has 0 radical (unpaired) electrons. The third-order valence-corrected chi connectivity index (χ3v) is 5.00. The van der Waals surface area contributed by atoms with Crippen LogP contribution in [0.3, 0.4) is 0 Å². The molecule has 2 fully saturated rings. The Morgan fingerprint density at radius 1 is 0.650 bits per heavy atom. The number of hydrogen-bond donors (Lipinski definition) is 0. The van der Waals surface area contributed by atoms with Gasteiger partial charge < -0.3 is 0 Å². The maximum Gasteiger partial charge on any atom is 0.176 e. The van der Waals surface area contributed by atoms with Gasteiger partial charge >= 0.3 is 0 Å². The van der Waals surface area contributed by atoms with Crippen LogP contribution >= 0.6 is 0 Å². The quantitative estimate of drug-likeness (QED) is 0.530. The predicted octanol–water partition coefficient (Wildman–Crippen LogP) is 5.13. The van der Waals surface area contributed by atoms with Crippen LogP contribution in [0.1, 0.15) is 89.9 Å². The lowest BCUT2D eigenvalue weighted by molar-refractivity contribution is -0.222. The first kappa shape index (κ1) is 15.7. The van der Waals surface area contributed by atoms with Gasteiger partial charge in [-0.15, -0.1) is 9.97 Å². The first-order valence-electron chi connectivity index (χ1n) is 8.70. The normalized spacial score (nSPS) is 24.4. The second-order valence-electron chi connectivity index (χ2n) is 6.51. The number of nitrogens with zero attached hydrogens (tertiary/aromatic N) is 2. The van der Waals surface area contributed by atoms with Crippen molar-refractivity contribution < 1.29 is 4.94 Å². The molecule has 116 valence electrons. The largest absolute Gasteiger partial charge is 0.260 e. The lowest BCUT2D eigenvalue weighted by Crippen LogP contribution is -2.42. The second-order valence-corrected chi connectivity index (χ2v) is 6.51. The van der Waals surface area contributed by atoms with Gasteiger partial charge in [0.15, 0.2) is 5.34 Å². The third kappa shape index (κ3) is 5.04. The van der Waals surface area contributed by atoms with E-state index in [2.05, 4.69) is 5.34 Å². The molecule has 0 heterocycles. The van der Waals surface area contributed by atoms with E-state index in [4.69, 9.17) is 4.94 Å². The summed E-state index contributed by atoms with van der Waals surface area (Å²) in [5.74, 6) is 0. The molecule has 4 heteroatoms. The van der Waals surface area contributed by atoms with Crippen molar-refractivity contribution in [1.82, 2.24) is 5.06 Å². The Labute approximate surface area is 123 Å². The zero-order valence-electron chi connectivity index (χ0n) is 12.8. The minimum Gasteiger partial charge on any atom is -0.260 e. The zero-order valence-corrected chi connectivity index (χ0v) is 12.8. The highest BCUT2D eigenvalue weighted by atomic mass is 16.9. The van der Waals surface area contributed by atoms with Crippen molar-refractivity contribution in [1.29, 1.82) is 0 Å². The van der Waals surface area contributed by atoms with E-state index in [1.165, 1.54) is 64.2 Å². The van der Waals surface area contributed by atoms with Crippen molar-refractivity contribution in [2.75, 3.05) is 0 Å². The first-order chi connectivity index (χ1) is 9.92. The summed E-state index contributed by atoms with van der Waals surface area (Å²) in [5.41, 5.74) is 0. The molecule has 0 bridgehead atoms. The standard InChI is InChI=1S/C16H30N2O2/c19-17-20-18(15-11-7-3-1-4-8-12-15)16-13-9-5-2-6-10-14-16/h15-16H,1-14H2. The highest BCUT2D eigenvalue weighted by molar-refractivity contribution is 4.77. The van der Waals surface area contributed by atoms with E-state index in [0.29, 0.717) is 12.1 Å². The van der Waals surface area contributed by atoms with E-state index in [0.717, 1.165) is 25.7 Å². The van der Waals surface area contributed by atoms with Gasteiger partial charge in [-0.1, -0.05) is 64.2 Å². The molecule has 2 saturated carbocycles. The van der Waals surface area contributed by atoms with Crippen LogP contribution in [0.4, 0.5) is 0 Å². The molecule has 0 saturated heterocycles. The lowest BCUT2D eigenvalue weighted by Gasteiger charge is -2.35. The average Bonchev–Trinajstić information content (AvgIpc) is 2.36. The van der Waals surface area contributed by atoms with Gasteiger partial charge in [0.05, 0.1) is 0 Å². The fourth-order valence-corrected chi connectivity index (χ4v) is 3.85. The average molecular weight is 282 g/mol. The first-order valence-corrected chi connectivity index (χ1v) is 8.70. The second kappa shape index (κ2) is 9.32. The van der Waals surface area contributed by atoms with Crippen LogP contribution < -0.4 is 0 Å². The summed E-state index contributed by atoms with van der Waals surface area (Å²) < 4.78 is 0. The van der Waals surface area contributed by atoms with Crippen molar-refractivity contribution in [2.45, 2.75) is 102 Å². The van der Waals surface area contributed by atoms with Crippen LogP contribution in [-0.4, -0.2) is 17.1 Å². The fraction of sp³-hybridized carbons (Fsp3) is 1.00. The Morgan fingerprint density at radius 3 is 1.35 bits per heavy atom. The number of rotatable bonds is 4. The summed E-state index contributed by atoms with van der Waals surface area (Å²) in [6.45, 7) is 0. The van der Waals surface area contributed by atoms with E-state index in [1.54, 1.807) is 0 Å². The predicted molar refractivity (Wildman–Crippen MR) is 80.9 cm³/mol. The van der Waals surface area contributed by atoms with Crippen molar-refractivity contribution in [3.63, 3.8) is 0 Å². The van der Waals surface area contributed by atoms with Gasteiger partial charge in [0.25, 0.3) is 0 Å². The van der Waals surface area contributed by atoms with Gasteiger partial charge in [-0.25, -0.2) is 0 Å². The van der Waals surface area contributed by atoms with Crippen LogP contribution in [-0.2, 0) is 4.94 Å². The zero-order chi connectivity index (χ0) is 14.0. The molecule has 0 aromatic carbocycles. The fourth-order valence-electron chi connectivity index (χ4n) is 3.85. The molecule has 2 aliphatic carbocycles. The molecule has 0 amide bonds. The molecule has 0 N–H and O–H groups in total. The highest BCUT2D eigenvalue weighted by Crippen LogP contribution is 2.28. The highest BCUT2D eigenvalue weighted by Gasteiger charge is 2.29. The molecular formula is C16H30N2O2. The van der Waals surface area contributed by atoms with E-state index < -0.39 is 0 Å². The summed E-state index contributed by atoms with van der Waals surface area (Å²) in [6, 6.07) is 0.801.